The lowest BCUT2D eigenvalue weighted by Gasteiger charge is -2.59. The van der Waals surface area contributed by atoms with Gasteiger partial charge in [0, 0.05) is 17.8 Å². The molecule has 0 aromatic rings. The summed E-state index contributed by atoms with van der Waals surface area (Å²) in [4.78, 5) is 38.3. The maximum atomic E-state index is 13.1. The summed E-state index contributed by atoms with van der Waals surface area (Å²) in [6.07, 6.45) is 12.2. The number of rotatable bonds is 6. The zero-order valence-corrected chi connectivity index (χ0v) is 20.4. The van der Waals surface area contributed by atoms with E-state index in [9.17, 15) is 14.4 Å². The molecule has 4 heteroatoms. The van der Waals surface area contributed by atoms with E-state index in [-0.39, 0.29) is 28.5 Å². The van der Waals surface area contributed by atoms with Gasteiger partial charge in [-0.15, -0.1) is 0 Å². The first kappa shape index (κ1) is 22.3. The van der Waals surface area contributed by atoms with E-state index in [1.807, 2.05) is 6.08 Å². The number of Topliss-reactive ketones (excluding diaryl/α,β-unsaturated/α-hetero) is 1. The highest BCUT2D eigenvalue weighted by molar-refractivity contribution is 5.96. The molecule has 5 aliphatic rings. The van der Waals surface area contributed by atoms with Crippen molar-refractivity contribution < 1.29 is 19.1 Å². The predicted octanol–water partition coefficient (Wildman–Crippen LogP) is 5.83. The van der Waals surface area contributed by atoms with Gasteiger partial charge in [0.25, 0.3) is 0 Å². The summed E-state index contributed by atoms with van der Waals surface area (Å²) in [5, 5.41) is 0. The molecule has 0 unspecified atom stereocenters. The molecule has 5 aliphatic carbocycles. The van der Waals surface area contributed by atoms with Crippen LogP contribution in [0.1, 0.15) is 98.3 Å². The second kappa shape index (κ2) is 7.53. The molecule has 4 nitrogen and oxygen atoms in total. The Hall–Kier alpha value is -1.45. The highest BCUT2D eigenvalue weighted by atomic mass is 16.6. The summed E-state index contributed by atoms with van der Waals surface area (Å²) in [7, 11) is 0. The van der Waals surface area contributed by atoms with Crippen LogP contribution in [0.3, 0.4) is 0 Å². The van der Waals surface area contributed by atoms with E-state index in [2.05, 4.69) is 20.8 Å². The van der Waals surface area contributed by atoms with E-state index in [4.69, 9.17) is 4.74 Å². The first-order valence-corrected chi connectivity index (χ1v) is 13.2. The van der Waals surface area contributed by atoms with Gasteiger partial charge in [-0.05, 0) is 93.5 Å². The van der Waals surface area contributed by atoms with Crippen LogP contribution in [0.25, 0.3) is 0 Å². The average Bonchev–Trinajstić information content (AvgIpc) is 3.50. The Bertz CT molecular complexity index is 873. The van der Waals surface area contributed by atoms with Gasteiger partial charge in [0.15, 0.2) is 17.2 Å². The lowest BCUT2D eigenvalue weighted by atomic mass is 9.46. The first-order chi connectivity index (χ1) is 15.2. The van der Waals surface area contributed by atoms with Crippen LogP contribution in [0.2, 0.25) is 0 Å². The number of fused-ring (bicyclic) bond motifs is 7. The minimum atomic E-state index is -0.951. The van der Waals surface area contributed by atoms with Crippen molar-refractivity contribution in [3.63, 3.8) is 0 Å². The molecule has 5 rings (SSSR count). The van der Waals surface area contributed by atoms with Gasteiger partial charge in [-0.1, -0.05) is 39.2 Å². The number of esters is 1. The molecule has 176 valence electrons. The number of ketones is 2. The number of hydrogen-bond acceptors (Lipinski definition) is 4. The summed E-state index contributed by atoms with van der Waals surface area (Å²) >= 11 is 0. The van der Waals surface area contributed by atoms with Crippen molar-refractivity contribution in [2.45, 2.75) is 104 Å². The average molecular weight is 441 g/mol. The van der Waals surface area contributed by atoms with Crippen LogP contribution in [0.5, 0.6) is 0 Å². The van der Waals surface area contributed by atoms with Crippen molar-refractivity contribution in [2.24, 2.45) is 40.4 Å². The molecule has 0 amide bonds. The van der Waals surface area contributed by atoms with Gasteiger partial charge in [-0.2, -0.15) is 0 Å². The van der Waals surface area contributed by atoms with Gasteiger partial charge in [-0.25, -0.2) is 0 Å². The van der Waals surface area contributed by atoms with Crippen LogP contribution in [0, 0.1) is 40.4 Å². The standard InChI is InChI=1S/C28H40O4/c1-5-6-7-8-25(31)32-28(17(2)29)14-12-21-19-10-9-18-15-24(30)20-16-23(20)27(18,4)22(19)11-13-26(21,28)3/h15,19-23H,5-14,16H2,1-4H3/t19-,20+,21-,22-,23-,26-,27-,28-/m0/s1. The molecule has 8 atom stereocenters. The molecule has 32 heavy (non-hydrogen) atoms. The summed E-state index contributed by atoms with van der Waals surface area (Å²) in [5.41, 5.74) is 0.337. The SMILES string of the molecule is CCCCCC(=O)O[C@]1(C(C)=O)CC[C@H]2[C@@H]3CCC4=CC(=O)[C@@H]5C[C@@H]5[C@]4(C)[C@H]3CC[C@@]21C. The normalized spacial score (nSPS) is 46.3. The minimum absolute atomic E-state index is 0.0397. The second-order valence-electron chi connectivity index (χ2n) is 12.0. The lowest BCUT2D eigenvalue weighted by Crippen LogP contribution is -2.59. The zero-order valence-electron chi connectivity index (χ0n) is 20.4. The van der Waals surface area contributed by atoms with Crippen molar-refractivity contribution >= 4 is 17.5 Å². The molecule has 0 bridgehead atoms. The summed E-state index contributed by atoms with van der Waals surface area (Å²) in [5.74, 6) is 2.58. The minimum Gasteiger partial charge on any atom is -0.450 e. The Morgan fingerprint density at radius 2 is 1.81 bits per heavy atom. The number of carbonyl (C=O) groups excluding carboxylic acids is 3. The smallest absolute Gasteiger partial charge is 0.306 e. The van der Waals surface area contributed by atoms with Gasteiger partial charge >= 0.3 is 5.97 Å². The van der Waals surface area contributed by atoms with Gasteiger partial charge in [0.1, 0.15) is 0 Å². The Morgan fingerprint density at radius 1 is 1.06 bits per heavy atom. The predicted molar refractivity (Wildman–Crippen MR) is 123 cm³/mol. The first-order valence-electron chi connectivity index (χ1n) is 13.2. The molecule has 0 spiro atoms. The topological polar surface area (TPSA) is 60.4 Å². The zero-order chi connectivity index (χ0) is 22.9. The number of ether oxygens (including phenoxy) is 1. The van der Waals surface area contributed by atoms with Crippen molar-refractivity contribution in [2.75, 3.05) is 0 Å². The molecule has 0 aromatic carbocycles. The molecule has 0 saturated heterocycles. The molecule has 0 N–H and O–H groups in total. The molecule has 0 radical (unpaired) electrons. The van der Waals surface area contributed by atoms with E-state index >= 15 is 0 Å². The maximum absolute atomic E-state index is 13.1. The summed E-state index contributed by atoms with van der Waals surface area (Å²) in [6, 6.07) is 0. The summed E-state index contributed by atoms with van der Waals surface area (Å²) in [6.45, 7) is 8.46. The van der Waals surface area contributed by atoms with Crippen molar-refractivity contribution in [1.29, 1.82) is 0 Å². The van der Waals surface area contributed by atoms with E-state index in [0.717, 1.165) is 57.8 Å². The Kier molecular flexibility index (Phi) is 5.26. The van der Waals surface area contributed by atoms with Gasteiger partial charge in [0.2, 0.25) is 0 Å². The fourth-order valence-electron chi connectivity index (χ4n) is 9.04. The molecule has 0 aromatic heterocycles. The fraction of sp³-hybridized carbons (Fsp3) is 0.821. The third kappa shape index (κ3) is 2.89. The third-order valence-corrected chi connectivity index (χ3v) is 10.8. The van der Waals surface area contributed by atoms with Gasteiger partial charge < -0.3 is 4.74 Å². The molecule has 0 heterocycles. The van der Waals surface area contributed by atoms with E-state index in [1.165, 1.54) is 5.57 Å². The third-order valence-electron chi connectivity index (χ3n) is 10.8. The van der Waals surface area contributed by atoms with Crippen LogP contribution in [0.4, 0.5) is 0 Å². The molecule has 0 aliphatic heterocycles. The van der Waals surface area contributed by atoms with Crippen LogP contribution in [0.15, 0.2) is 11.6 Å². The van der Waals surface area contributed by atoms with Crippen molar-refractivity contribution in [1.82, 2.24) is 0 Å². The second-order valence-corrected chi connectivity index (χ2v) is 12.0. The van der Waals surface area contributed by atoms with E-state index in [1.54, 1.807) is 6.92 Å². The number of hydrogen-bond donors (Lipinski definition) is 0. The number of allylic oxidation sites excluding steroid dienone is 1. The van der Waals surface area contributed by atoms with Crippen molar-refractivity contribution in [3.05, 3.63) is 11.6 Å². The number of unbranched alkanes of at least 4 members (excludes halogenated alkanes) is 2. The lowest BCUT2D eigenvalue weighted by molar-refractivity contribution is -0.189. The Morgan fingerprint density at radius 3 is 2.53 bits per heavy atom. The summed E-state index contributed by atoms with van der Waals surface area (Å²) < 4.78 is 6.19. The number of carbonyl (C=O) groups is 3. The van der Waals surface area contributed by atoms with Gasteiger partial charge in [-0.3, -0.25) is 14.4 Å². The quantitative estimate of drug-likeness (QED) is 0.385. The van der Waals surface area contributed by atoms with Crippen LogP contribution in [-0.2, 0) is 19.1 Å². The highest BCUT2D eigenvalue weighted by Gasteiger charge is 2.70. The molecule has 4 fully saturated rings. The molecular weight excluding hydrogens is 400 g/mol. The maximum Gasteiger partial charge on any atom is 0.306 e. The fourth-order valence-corrected chi connectivity index (χ4v) is 9.04. The molecule has 4 saturated carbocycles. The van der Waals surface area contributed by atoms with E-state index in [0.29, 0.717) is 42.3 Å². The monoisotopic (exact) mass is 440 g/mol. The van der Waals surface area contributed by atoms with Crippen LogP contribution >= 0.6 is 0 Å². The van der Waals surface area contributed by atoms with Gasteiger partial charge in [0.05, 0.1) is 0 Å². The highest BCUT2D eigenvalue weighted by Crippen LogP contribution is 2.72. The largest absolute Gasteiger partial charge is 0.450 e. The van der Waals surface area contributed by atoms with Crippen molar-refractivity contribution in [3.8, 4) is 0 Å². The molecular formula is C28H40O4. The van der Waals surface area contributed by atoms with Crippen LogP contribution < -0.4 is 0 Å². The Balaban J connectivity index is 1.42. The van der Waals surface area contributed by atoms with Crippen LogP contribution in [-0.4, -0.2) is 23.1 Å². The Labute approximate surface area is 192 Å². The van der Waals surface area contributed by atoms with E-state index < -0.39 is 5.60 Å².